The Hall–Kier alpha value is -2.29. The second-order valence-corrected chi connectivity index (χ2v) is 7.41. The van der Waals surface area contributed by atoms with E-state index in [1.807, 2.05) is 0 Å². The van der Waals surface area contributed by atoms with E-state index in [9.17, 15) is 13.2 Å². The molecule has 2 aromatic carbocycles. The van der Waals surface area contributed by atoms with Crippen LogP contribution in [0.3, 0.4) is 0 Å². The van der Waals surface area contributed by atoms with E-state index in [1.54, 1.807) is 49.3 Å². The lowest BCUT2D eigenvalue weighted by Crippen LogP contribution is -2.23. The summed E-state index contributed by atoms with van der Waals surface area (Å²) in [5, 5.41) is 8.26. The van der Waals surface area contributed by atoms with E-state index in [0.29, 0.717) is 22.1 Å². The van der Waals surface area contributed by atoms with Gasteiger partial charge in [-0.25, -0.2) is 13.6 Å². The Balaban J connectivity index is 2.15. The van der Waals surface area contributed by atoms with Gasteiger partial charge in [-0.05, 0) is 36.4 Å². The van der Waals surface area contributed by atoms with Crippen LogP contribution in [0.4, 0.5) is 11.4 Å². The minimum Gasteiger partial charge on any atom is -0.484 e. The highest BCUT2D eigenvalue weighted by Gasteiger charge is 2.15. The molecule has 0 aliphatic heterocycles. The number of carbonyl (C=O) groups excluding carboxylic acids is 1. The topological polar surface area (TPSA) is 102 Å². The first-order valence-corrected chi connectivity index (χ1v) is 9.11. The summed E-state index contributed by atoms with van der Waals surface area (Å²) in [5.74, 6) is 0.00316. The number of hydrogen-bond donors (Lipinski definition) is 2. The van der Waals surface area contributed by atoms with Crippen LogP contribution in [0.1, 0.15) is 0 Å². The van der Waals surface area contributed by atoms with Gasteiger partial charge in [-0.1, -0.05) is 17.7 Å². The van der Waals surface area contributed by atoms with Crippen molar-refractivity contribution < 1.29 is 17.9 Å². The van der Waals surface area contributed by atoms with Gasteiger partial charge in [0.2, 0.25) is 10.0 Å². The summed E-state index contributed by atoms with van der Waals surface area (Å²) >= 11 is 5.85. The number of nitrogens with two attached hydrogens (primary N) is 1. The van der Waals surface area contributed by atoms with Crippen LogP contribution in [0.25, 0.3) is 0 Å². The molecule has 0 radical (unpaired) electrons. The van der Waals surface area contributed by atoms with Gasteiger partial charge in [0.15, 0.2) is 6.61 Å². The fourth-order valence-electron chi connectivity index (χ4n) is 2.07. The molecule has 25 heavy (non-hydrogen) atoms. The lowest BCUT2D eigenvalue weighted by atomic mass is 10.2. The van der Waals surface area contributed by atoms with Gasteiger partial charge in [0, 0.05) is 19.1 Å². The zero-order valence-electron chi connectivity index (χ0n) is 13.7. The highest BCUT2D eigenvalue weighted by molar-refractivity contribution is 7.89. The molecule has 0 saturated carbocycles. The number of primary sulfonamides is 1. The molecular weight excluding hydrogens is 366 g/mol. The molecule has 0 aromatic heterocycles. The van der Waals surface area contributed by atoms with E-state index >= 15 is 0 Å². The zero-order valence-corrected chi connectivity index (χ0v) is 15.3. The van der Waals surface area contributed by atoms with E-state index in [2.05, 4.69) is 5.32 Å². The highest BCUT2D eigenvalue weighted by Crippen LogP contribution is 2.27. The van der Waals surface area contributed by atoms with Crippen LogP contribution in [-0.4, -0.2) is 35.0 Å². The average Bonchev–Trinajstić information content (AvgIpc) is 2.52. The predicted molar refractivity (Wildman–Crippen MR) is 97.7 cm³/mol. The molecule has 2 aromatic rings. The van der Waals surface area contributed by atoms with Gasteiger partial charge >= 0.3 is 0 Å². The third-order valence-electron chi connectivity index (χ3n) is 3.22. The summed E-state index contributed by atoms with van der Waals surface area (Å²) in [5.41, 5.74) is 0.944. The number of anilines is 2. The first-order valence-electron chi connectivity index (χ1n) is 7.19. The van der Waals surface area contributed by atoms with Crippen molar-refractivity contribution in [3.05, 3.63) is 47.5 Å². The van der Waals surface area contributed by atoms with Gasteiger partial charge in [0.05, 0.1) is 16.3 Å². The Kier molecular flexibility index (Phi) is 5.89. The number of amides is 1. The number of hydrogen-bond acceptors (Lipinski definition) is 5. The lowest BCUT2D eigenvalue weighted by molar-refractivity contribution is -0.118. The molecule has 9 heteroatoms. The molecule has 1 amide bonds. The van der Waals surface area contributed by atoms with E-state index < -0.39 is 15.9 Å². The molecule has 134 valence electrons. The number of rotatable bonds is 6. The number of carbonyl (C=O) groups is 1. The first kappa shape index (κ1) is 19.0. The fraction of sp³-hybridized carbons (Fsp3) is 0.188. The van der Waals surface area contributed by atoms with Crippen molar-refractivity contribution in [3.8, 4) is 5.75 Å². The summed E-state index contributed by atoms with van der Waals surface area (Å²) in [6.07, 6.45) is 0. The van der Waals surface area contributed by atoms with Gasteiger partial charge in [-0.3, -0.25) is 4.79 Å². The van der Waals surface area contributed by atoms with Crippen LogP contribution < -0.4 is 20.1 Å². The molecule has 0 atom stereocenters. The predicted octanol–water partition coefficient (Wildman–Crippen LogP) is 2.07. The molecule has 0 unspecified atom stereocenters. The maximum atomic E-state index is 12.1. The minimum absolute atomic E-state index is 0.0934. The Labute approximate surface area is 151 Å². The van der Waals surface area contributed by atoms with Crippen LogP contribution in [-0.2, 0) is 14.8 Å². The van der Waals surface area contributed by atoms with Crippen LogP contribution in [0.15, 0.2) is 47.4 Å². The Morgan fingerprint density at radius 3 is 2.56 bits per heavy atom. The summed E-state index contributed by atoms with van der Waals surface area (Å²) in [7, 11) is -0.343. The van der Waals surface area contributed by atoms with Crippen LogP contribution in [0, 0.1) is 0 Å². The molecule has 0 spiro atoms. The van der Waals surface area contributed by atoms with Crippen molar-refractivity contribution in [1.29, 1.82) is 0 Å². The minimum atomic E-state index is -3.88. The number of ether oxygens (including phenoxy) is 1. The smallest absolute Gasteiger partial charge is 0.262 e. The molecule has 0 bridgehead atoms. The molecule has 7 nitrogen and oxygen atoms in total. The SMILES string of the molecule is CN(C)c1ccc(S(N)(=O)=O)cc1NC(=O)COc1cccc(Cl)c1. The third-order valence-corrected chi connectivity index (χ3v) is 4.36. The molecule has 2 rings (SSSR count). The van der Waals surface area contributed by atoms with Crippen molar-refractivity contribution in [2.24, 2.45) is 5.14 Å². The van der Waals surface area contributed by atoms with Crippen LogP contribution in [0.5, 0.6) is 5.75 Å². The van der Waals surface area contributed by atoms with E-state index in [1.165, 1.54) is 12.1 Å². The normalized spacial score (nSPS) is 11.0. The van der Waals surface area contributed by atoms with Gasteiger partial charge < -0.3 is 15.0 Å². The Morgan fingerprint density at radius 2 is 1.96 bits per heavy atom. The van der Waals surface area contributed by atoms with Crippen molar-refractivity contribution >= 4 is 38.9 Å². The molecule has 0 saturated heterocycles. The van der Waals surface area contributed by atoms with Crippen LogP contribution in [0.2, 0.25) is 5.02 Å². The molecule has 3 N–H and O–H groups in total. The number of nitrogens with one attached hydrogen (secondary N) is 1. The van der Waals surface area contributed by atoms with Crippen molar-refractivity contribution in [3.63, 3.8) is 0 Å². The van der Waals surface area contributed by atoms with Gasteiger partial charge in [0.1, 0.15) is 5.75 Å². The largest absolute Gasteiger partial charge is 0.484 e. The number of halogens is 1. The monoisotopic (exact) mass is 383 g/mol. The summed E-state index contributed by atoms with van der Waals surface area (Å²) in [4.78, 5) is 13.8. The maximum absolute atomic E-state index is 12.1. The lowest BCUT2D eigenvalue weighted by Gasteiger charge is -2.19. The zero-order chi connectivity index (χ0) is 18.6. The molecule has 0 aliphatic carbocycles. The number of benzene rings is 2. The van der Waals surface area contributed by atoms with E-state index in [0.717, 1.165) is 0 Å². The Morgan fingerprint density at radius 1 is 1.24 bits per heavy atom. The summed E-state index contributed by atoms with van der Waals surface area (Å²) < 4.78 is 28.4. The highest BCUT2D eigenvalue weighted by atomic mass is 35.5. The number of sulfonamides is 1. The quantitative estimate of drug-likeness (QED) is 0.795. The molecular formula is C16H18ClN3O4S. The van der Waals surface area contributed by atoms with Crippen molar-refractivity contribution in [1.82, 2.24) is 0 Å². The standard InChI is InChI=1S/C16H18ClN3O4S/c1-20(2)15-7-6-13(25(18,22)23)9-14(15)19-16(21)10-24-12-5-3-4-11(17)8-12/h3-9H,10H2,1-2H3,(H,19,21)(H2,18,22,23). The fourth-order valence-corrected chi connectivity index (χ4v) is 2.79. The van der Waals surface area contributed by atoms with Gasteiger partial charge in [-0.15, -0.1) is 0 Å². The maximum Gasteiger partial charge on any atom is 0.262 e. The van der Waals surface area contributed by atoms with Crippen molar-refractivity contribution in [2.75, 3.05) is 30.9 Å². The molecule has 0 heterocycles. The summed E-state index contributed by atoms with van der Waals surface area (Å²) in [6.45, 7) is -0.257. The van der Waals surface area contributed by atoms with E-state index in [4.69, 9.17) is 21.5 Å². The number of nitrogens with zero attached hydrogens (tertiary/aromatic N) is 1. The Bertz CT molecular complexity index is 885. The van der Waals surface area contributed by atoms with E-state index in [-0.39, 0.29) is 11.5 Å². The van der Waals surface area contributed by atoms with Crippen molar-refractivity contribution in [2.45, 2.75) is 4.90 Å². The third kappa shape index (κ3) is 5.35. The van der Waals surface area contributed by atoms with Crippen LogP contribution >= 0.6 is 11.6 Å². The first-order chi connectivity index (χ1) is 11.7. The average molecular weight is 384 g/mol. The van der Waals surface area contributed by atoms with Gasteiger partial charge in [0.25, 0.3) is 5.91 Å². The molecule has 0 aliphatic rings. The second kappa shape index (κ2) is 7.73. The van der Waals surface area contributed by atoms with Gasteiger partial charge in [-0.2, -0.15) is 0 Å². The second-order valence-electron chi connectivity index (χ2n) is 5.41. The molecule has 0 fully saturated rings. The summed E-state index contributed by atoms with van der Waals surface area (Å²) in [6, 6.07) is 10.9.